The number of hydrogen-bond donors (Lipinski definition) is 1. The van der Waals surface area contributed by atoms with Gasteiger partial charge in [-0.15, -0.1) is 0 Å². The van der Waals surface area contributed by atoms with Crippen LogP contribution in [0.1, 0.15) is 31.7 Å². The molecule has 3 rings (SSSR count). The van der Waals surface area contributed by atoms with Gasteiger partial charge in [0.1, 0.15) is 0 Å². The third-order valence-corrected chi connectivity index (χ3v) is 5.85. The predicted molar refractivity (Wildman–Crippen MR) is 113 cm³/mol. The van der Waals surface area contributed by atoms with Crippen molar-refractivity contribution in [3.63, 3.8) is 0 Å². The lowest BCUT2D eigenvalue weighted by Gasteiger charge is -2.36. The minimum atomic E-state index is 0.132. The lowest BCUT2D eigenvalue weighted by molar-refractivity contribution is -0.135. The fourth-order valence-electron chi connectivity index (χ4n) is 3.52. The van der Waals surface area contributed by atoms with Gasteiger partial charge in [0.15, 0.2) is 5.96 Å². The van der Waals surface area contributed by atoms with Crippen LogP contribution in [0.5, 0.6) is 0 Å². The molecule has 1 amide bonds. The van der Waals surface area contributed by atoms with Gasteiger partial charge in [0.05, 0.1) is 6.54 Å². The van der Waals surface area contributed by atoms with E-state index in [0.717, 1.165) is 44.2 Å². The first-order valence-corrected chi connectivity index (χ1v) is 10.5. The molecular weight excluding hydrogens is 376 g/mol. The summed E-state index contributed by atoms with van der Waals surface area (Å²) in [6, 6.07) is 7.68. The number of ether oxygens (including phenoxy) is 1. The van der Waals surface area contributed by atoms with Crippen molar-refractivity contribution < 1.29 is 9.53 Å². The summed E-state index contributed by atoms with van der Waals surface area (Å²) in [4.78, 5) is 21.6. The molecule has 28 heavy (non-hydrogen) atoms. The Hall–Kier alpha value is -1.79. The maximum atomic E-state index is 12.7. The van der Waals surface area contributed by atoms with Crippen molar-refractivity contribution in [2.75, 3.05) is 46.4 Å². The Morgan fingerprint density at radius 2 is 2.04 bits per heavy atom. The first-order valence-electron chi connectivity index (χ1n) is 10.1. The van der Waals surface area contributed by atoms with E-state index in [4.69, 9.17) is 21.3 Å². The number of hydrogen-bond acceptors (Lipinski definition) is 3. The summed E-state index contributed by atoms with van der Waals surface area (Å²) in [5, 5.41) is 4.07. The van der Waals surface area contributed by atoms with Crippen LogP contribution in [0.3, 0.4) is 0 Å². The second-order valence-electron chi connectivity index (χ2n) is 7.78. The number of aliphatic imine (C=N–C) groups is 1. The predicted octanol–water partition coefficient (Wildman–Crippen LogP) is 2.77. The molecule has 1 aliphatic carbocycles. The van der Waals surface area contributed by atoms with Crippen LogP contribution < -0.4 is 5.32 Å². The number of methoxy groups -OCH3 is 1. The highest BCUT2D eigenvalue weighted by molar-refractivity contribution is 6.30. The van der Waals surface area contributed by atoms with E-state index in [-0.39, 0.29) is 5.91 Å². The Morgan fingerprint density at radius 3 is 2.64 bits per heavy atom. The second kappa shape index (κ2) is 9.61. The number of halogens is 1. The highest BCUT2D eigenvalue weighted by Gasteiger charge is 2.42. The molecular formula is C21H31ClN4O2. The molecule has 0 radical (unpaired) electrons. The van der Waals surface area contributed by atoms with Crippen molar-refractivity contribution in [3.05, 3.63) is 34.9 Å². The molecule has 0 spiro atoms. The Labute approximate surface area is 172 Å². The molecule has 1 aromatic carbocycles. The highest BCUT2D eigenvalue weighted by atomic mass is 35.5. The van der Waals surface area contributed by atoms with Crippen LogP contribution in [-0.2, 0) is 16.1 Å². The first-order chi connectivity index (χ1) is 13.5. The van der Waals surface area contributed by atoms with Crippen molar-refractivity contribution in [3.8, 4) is 0 Å². The molecule has 0 atom stereocenters. The van der Waals surface area contributed by atoms with Gasteiger partial charge in [-0.25, -0.2) is 0 Å². The summed E-state index contributed by atoms with van der Waals surface area (Å²) in [6.45, 7) is 6.92. The van der Waals surface area contributed by atoms with Gasteiger partial charge >= 0.3 is 0 Å². The zero-order valence-electron chi connectivity index (χ0n) is 16.9. The standard InChI is InChI=1S/C21H31ClN4O2/c1-3-23-20(24-16-21(8-9-21)10-13-28-2)26-12-11-25(19(27)15-26)14-17-4-6-18(22)7-5-17/h4-7H,3,8-16H2,1-2H3,(H,23,24). The van der Waals surface area contributed by atoms with E-state index in [1.54, 1.807) is 7.11 Å². The molecule has 154 valence electrons. The van der Waals surface area contributed by atoms with E-state index in [0.29, 0.717) is 30.1 Å². The molecule has 1 N–H and O–H groups in total. The number of amides is 1. The summed E-state index contributed by atoms with van der Waals surface area (Å²) in [6.07, 6.45) is 3.49. The van der Waals surface area contributed by atoms with Gasteiger partial charge in [0, 0.05) is 51.5 Å². The molecule has 0 bridgehead atoms. The summed E-state index contributed by atoms with van der Waals surface area (Å²) in [7, 11) is 1.75. The van der Waals surface area contributed by atoms with E-state index in [1.807, 2.05) is 29.2 Å². The summed E-state index contributed by atoms with van der Waals surface area (Å²) >= 11 is 5.95. The van der Waals surface area contributed by atoms with Crippen LogP contribution in [0.4, 0.5) is 0 Å². The van der Waals surface area contributed by atoms with Crippen molar-refractivity contribution in [1.82, 2.24) is 15.1 Å². The molecule has 7 heteroatoms. The highest BCUT2D eigenvalue weighted by Crippen LogP contribution is 2.49. The van der Waals surface area contributed by atoms with Crippen molar-refractivity contribution in [2.45, 2.75) is 32.7 Å². The Morgan fingerprint density at radius 1 is 1.29 bits per heavy atom. The molecule has 1 aromatic rings. The first kappa shape index (κ1) is 20.9. The maximum absolute atomic E-state index is 12.7. The topological polar surface area (TPSA) is 57.2 Å². The number of piperazine rings is 1. The Balaban J connectivity index is 1.57. The lowest BCUT2D eigenvalue weighted by atomic mass is 10.0. The van der Waals surface area contributed by atoms with Gasteiger partial charge in [0.2, 0.25) is 5.91 Å². The Bertz CT molecular complexity index is 688. The van der Waals surface area contributed by atoms with E-state index in [9.17, 15) is 4.79 Å². The van der Waals surface area contributed by atoms with Gasteiger partial charge in [0.25, 0.3) is 0 Å². The van der Waals surface area contributed by atoms with Crippen LogP contribution in [0, 0.1) is 5.41 Å². The monoisotopic (exact) mass is 406 g/mol. The minimum Gasteiger partial charge on any atom is -0.385 e. The van der Waals surface area contributed by atoms with Crippen molar-refractivity contribution in [1.29, 1.82) is 0 Å². The average molecular weight is 407 g/mol. The lowest BCUT2D eigenvalue weighted by Crippen LogP contribution is -2.55. The third kappa shape index (κ3) is 5.61. The fraction of sp³-hybridized carbons (Fsp3) is 0.619. The van der Waals surface area contributed by atoms with Crippen molar-refractivity contribution in [2.24, 2.45) is 10.4 Å². The molecule has 1 saturated heterocycles. The molecule has 1 heterocycles. The summed E-state index contributed by atoms with van der Waals surface area (Å²) < 4.78 is 5.24. The van der Waals surface area contributed by atoms with Crippen LogP contribution in [0.2, 0.25) is 5.02 Å². The SMILES string of the molecule is CCNC(=NCC1(CCOC)CC1)N1CCN(Cc2ccc(Cl)cc2)C(=O)C1. The number of carbonyl (C=O) groups is 1. The quantitative estimate of drug-likeness (QED) is 0.532. The smallest absolute Gasteiger partial charge is 0.242 e. The number of nitrogens with zero attached hydrogens (tertiary/aromatic N) is 3. The van der Waals surface area contributed by atoms with Crippen LogP contribution in [0.15, 0.2) is 29.3 Å². The second-order valence-corrected chi connectivity index (χ2v) is 8.21. The summed E-state index contributed by atoms with van der Waals surface area (Å²) in [5.41, 5.74) is 1.40. The normalized spacial score (nSPS) is 19.1. The van der Waals surface area contributed by atoms with E-state index in [2.05, 4.69) is 17.1 Å². The van der Waals surface area contributed by atoms with Gasteiger partial charge in [-0.05, 0) is 49.3 Å². The number of benzene rings is 1. The molecule has 0 aromatic heterocycles. The van der Waals surface area contributed by atoms with Gasteiger partial charge in [-0.3, -0.25) is 9.79 Å². The van der Waals surface area contributed by atoms with E-state index >= 15 is 0 Å². The molecule has 0 unspecified atom stereocenters. The van der Waals surface area contributed by atoms with E-state index in [1.165, 1.54) is 12.8 Å². The van der Waals surface area contributed by atoms with Crippen molar-refractivity contribution >= 4 is 23.5 Å². The number of guanidine groups is 1. The maximum Gasteiger partial charge on any atom is 0.242 e. The summed E-state index contributed by atoms with van der Waals surface area (Å²) in [5.74, 6) is 0.984. The third-order valence-electron chi connectivity index (χ3n) is 5.60. The molecule has 1 aliphatic heterocycles. The largest absolute Gasteiger partial charge is 0.385 e. The Kier molecular flexibility index (Phi) is 7.18. The van der Waals surface area contributed by atoms with Crippen LogP contribution in [0.25, 0.3) is 0 Å². The fourth-order valence-corrected chi connectivity index (χ4v) is 3.64. The average Bonchev–Trinajstić information content (AvgIpc) is 3.47. The van der Waals surface area contributed by atoms with Gasteiger partial charge in [-0.2, -0.15) is 0 Å². The van der Waals surface area contributed by atoms with Crippen LogP contribution >= 0.6 is 11.6 Å². The number of nitrogens with one attached hydrogen (secondary N) is 1. The molecule has 2 fully saturated rings. The van der Waals surface area contributed by atoms with Crippen LogP contribution in [-0.4, -0.2) is 68.1 Å². The zero-order valence-corrected chi connectivity index (χ0v) is 17.7. The molecule has 1 saturated carbocycles. The number of carbonyl (C=O) groups excluding carboxylic acids is 1. The van der Waals surface area contributed by atoms with Gasteiger partial charge < -0.3 is 19.9 Å². The van der Waals surface area contributed by atoms with Gasteiger partial charge in [-0.1, -0.05) is 23.7 Å². The minimum absolute atomic E-state index is 0.132. The number of rotatable bonds is 8. The van der Waals surface area contributed by atoms with E-state index < -0.39 is 0 Å². The molecule has 6 nitrogen and oxygen atoms in total. The zero-order chi connectivity index (χ0) is 20.0. The molecule has 2 aliphatic rings.